The minimum atomic E-state index is -0.208. The number of anilines is 2. The van der Waals surface area contributed by atoms with Crippen molar-refractivity contribution in [3.63, 3.8) is 0 Å². The Kier molecular flexibility index (Phi) is 6.33. The van der Waals surface area contributed by atoms with Gasteiger partial charge in [-0.3, -0.25) is 13.7 Å². The second-order valence-corrected chi connectivity index (χ2v) is 9.41. The van der Waals surface area contributed by atoms with Gasteiger partial charge in [0.1, 0.15) is 0 Å². The van der Waals surface area contributed by atoms with Crippen LogP contribution in [0.2, 0.25) is 0 Å². The topological polar surface area (TPSA) is 65.4 Å². The number of carbonyl (C=O) groups is 1. The van der Waals surface area contributed by atoms with E-state index in [1.807, 2.05) is 25.5 Å². The monoisotopic (exact) mass is 408 g/mol. The number of hydrogen-bond acceptors (Lipinski definition) is 6. The Hall–Kier alpha value is -1.71. The van der Waals surface area contributed by atoms with Crippen LogP contribution in [0.25, 0.3) is 0 Å². The molecule has 0 radical (unpaired) electrons. The first-order valence-corrected chi connectivity index (χ1v) is 10.7. The molecule has 2 amide bonds. The molecule has 3 rings (SSSR count). The van der Waals surface area contributed by atoms with Crippen molar-refractivity contribution >= 4 is 40.9 Å². The van der Waals surface area contributed by atoms with Crippen LogP contribution in [0.3, 0.4) is 0 Å². The van der Waals surface area contributed by atoms with Crippen molar-refractivity contribution in [3.05, 3.63) is 28.2 Å². The van der Waals surface area contributed by atoms with Gasteiger partial charge in [0, 0.05) is 29.5 Å². The molecule has 0 aliphatic carbocycles. The van der Waals surface area contributed by atoms with Crippen LogP contribution >= 0.6 is 23.5 Å². The van der Waals surface area contributed by atoms with E-state index in [4.69, 9.17) is 0 Å². The number of thiophene rings is 1. The summed E-state index contributed by atoms with van der Waals surface area (Å²) >= 11 is 3.06. The van der Waals surface area contributed by atoms with Crippen LogP contribution in [-0.4, -0.2) is 46.9 Å². The molecule has 9 heteroatoms. The van der Waals surface area contributed by atoms with Crippen molar-refractivity contribution < 1.29 is 4.79 Å². The van der Waals surface area contributed by atoms with E-state index in [0.29, 0.717) is 12.0 Å². The van der Waals surface area contributed by atoms with E-state index in [-0.39, 0.29) is 6.03 Å². The molecule has 0 spiro atoms. The molecule has 1 aliphatic rings. The van der Waals surface area contributed by atoms with Crippen LogP contribution in [0.15, 0.2) is 18.5 Å². The molecule has 2 aromatic rings. The fourth-order valence-corrected chi connectivity index (χ4v) is 4.99. The summed E-state index contributed by atoms with van der Waals surface area (Å²) in [6, 6.07) is 2.16. The molecule has 148 valence electrons. The molecule has 27 heavy (non-hydrogen) atoms. The Balaban J connectivity index is 1.65. The van der Waals surface area contributed by atoms with Crippen molar-refractivity contribution in [2.45, 2.75) is 39.2 Å². The smallest absolute Gasteiger partial charge is 0.306 e. The Labute approximate surface area is 169 Å². The largest absolute Gasteiger partial charge is 0.330 e. The van der Waals surface area contributed by atoms with Crippen LogP contribution in [0.1, 0.15) is 35.9 Å². The quantitative estimate of drug-likeness (QED) is 0.712. The number of aryl methyl sites for hydroxylation is 2. The number of nitrogens with one attached hydrogen (secondary N) is 2. The zero-order valence-electron chi connectivity index (χ0n) is 16.5. The third-order valence-electron chi connectivity index (χ3n) is 4.54. The number of hydrogen-bond donors (Lipinski definition) is 2. The molecule has 7 nitrogen and oxygen atoms in total. The summed E-state index contributed by atoms with van der Waals surface area (Å²) in [4.78, 5) is 17.2. The number of likely N-dealkylation sites (N-methyl/N-ethyl adjacent to an activating group) is 1. The third kappa shape index (κ3) is 4.97. The normalized spacial score (nSPS) is 17.5. The lowest BCUT2D eigenvalue weighted by atomic mass is 10.1. The van der Waals surface area contributed by atoms with Gasteiger partial charge >= 0.3 is 6.03 Å². The van der Waals surface area contributed by atoms with Gasteiger partial charge in [-0.15, -0.1) is 11.3 Å². The lowest BCUT2D eigenvalue weighted by Gasteiger charge is -2.27. The first-order chi connectivity index (χ1) is 12.8. The van der Waals surface area contributed by atoms with Gasteiger partial charge in [-0.25, -0.2) is 4.79 Å². The van der Waals surface area contributed by atoms with Crippen LogP contribution < -0.4 is 14.3 Å². The molecule has 1 atom stereocenters. The minimum absolute atomic E-state index is 0.208. The molecule has 1 saturated heterocycles. The summed E-state index contributed by atoms with van der Waals surface area (Å²) in [7, 11) is 4.03. The van der Waals surface area contributed by atoms with E-state index >= 15 is 0 Å². The number of carbonyl (C=O) groups excluding carboxylic acids is 1. The van der Waals surface area contributed by atoms with Gasteiger partial charge in [0.25, 0.3) is 0 Å². The first-order valence-electron chi connectivity index (χ1n) is 9.14. The Morgan fingerprint density at radius 2 is 2.22 bits per heavy atom. The lowest BCUT2D eigenvalue weighted by molar-refractivity contribution is 0.257. The SMILES string of the molecule is Cc1cc(NC(=O)NSN(c2cnn(C)c2)C2CCN(C)C2)c(C(C)C)s1. The molecule has 1 aliphatic heterocycles. The third-order valence-corrected chi connectivity index (χ3v) is 6.87. The molecule has 2 N–H and O–H groups in total. The predicted octanol–water partition coefficient (Wildman–Crippen LogP) is 3.81. The van der Waals surface area contributed by atoms with Crippen LogP contribution in [0, 0.1) is 6.92 Å². The van der Waals surface area contributed by atoms with Crippen molar-refractivity contribution in [3.8, 4) is 0 Å². The molecule has 3 heterocycles. The Bertz CT molecular complexity index is 787. The van der Waals surface area contributed by atoms with Crippen LogP contribution in [-0.2, 0) is 7.05 Å². The van der Waals surface area contributed by atoms with Crippen molar-refractivity contribution in [2.75, 3.05) is 29.8 Å². The highest BCUT2D eigenvalue weighted by Gasteiger charge is 2.28. The maximum atomic E-state index is 12.5. The van der Waals surface area contributed by atoms with E-state index in [9.17, 15) is 4.79 Å². The maximum Gasteiger partial charge on any atom is 0.330 e. The number of urea groups is 1. The molecule has 2 aromatic heterocycles. The summed E-state index contributed by atoms with van der Waals surface area (Å²) in [5, 5.41) is 7.28. The fraction of sp³-hybridized carbons (Fsp3) is 0.556. The Morgan fingerprint density at radius 3 is 2.81 bits per heavy atom. The number of likely N-dealkylation sites (tertiary alicyclic amines) is 1. The van der Waals surface area contributed by atoms with E-state index in [2.05, 4.69) is 52.2 Å². The molecular weight excluding hydrogens is 380 g/mol. The van der Waals surface area contributed by atoms with Gasteiger partial charge in [-0.05, 0) is 38.9 Å². The average Bonchev–Trinajstić information content (AvgIpc) is 3.29. The summed E-state index contributed by atoms with van der Waals surface area (Å²) in [6.07, 6.45) is 4.87. The zero-order valence-corrected chi connectivity index (χ0v) is 18.2. The standard InChI is InChI=1S/C18H28N6OS2/c1-12(2)17-16(8-13(3)26-17)20-18(25)21-27-24(14-6-7-22(4)10-14)15-9-19-23(5)11-15/h8-9,11-12,14H,6-7,10H2,1-5H3,(H2,20,21,25). The predicted molar refractivity (Wildman–Crippen MR) is 114 cm³/mol. The number of amides is 2. The van der Waals surface area contributed by atoms with Gasteiger partial charge in [0.05, 0.1) is 35.7 Å². The number of nitrogens with zero attached hydrogens (tertiary/aromatic N) is 4. The molecule has 0 bridgehead atoms. The van der Waals surface area contributed by atoms with Crippen molar-refractivity contribution in [2.24, 2.45) is 7.05 Å². The summed E-state index contributed by atoms with van der Waals surface area (Å²) in [5.74, 6) is 0.382. The fourth-order valence-electron chi connectivity index (χ4n) is 3.26. The number of aromatic nitrogens is 2. The van der Waals surface area contributed by atoms with Crippen LogP contribution in [0.4, 0.5) is 16.2 Å². The second-order valence-electron chi connectivity index (χ2n) is 7.34. The van der Waals surface area contributed by atoms with Gasteiger partial charge in [-0.1, -0.05) is 13.8 Å². The highest BCUT2D eigenvalue weighted by atomic mass is 32.2. The van der Waals surface area contributed by atoms with Crippen molar-refractivity contribution in [1.29, 1.82) is 0 Å². The highest BCUT2D eigenvalue weighted by Crippen LogP contribution is 2.33. The second kappa shape index (κ2) is 8.53. The van der Waals surface area contributed by atoms with Gasteiger partial charge in [-0.2, -0.15) is 5.10 Å². The highest BCUT2D eigenvalue weighted by molar-refractivity contribution is 7.99. The van der Waals surface area contributed by atoms with Gasteiger partial charge in [0.15, 0.2) is 0 Å². The molecule has 1 fully saturated rings. The van der Waals surface area contributed by atoms with E-state index in [1.54, 1.807) is 16.0 Å². The number of rotatable bonds is 6. The van der Waals surface area contributed by atoms with E-state index in [0.717, 1.165) is 30.9 Å². The van der Waals surface area contributed by atoms with Gasteiger partial charge < -0.3 is 10.2 Å². The Morgan fingerprint density at radius 1 is 1.44 bits per heavy atom. The van der Waals surface area contributed by atoms with E-state index < -0.39 is 0 Å². The maximum absolute atomic E-state index is 12.5. The lowest BCUT2D eigenvalue weighted by Crippen LogP contribution is -2.36. The summed E-state index contributed by atoms with van der Waals surface area (Å²) < 4.78 is 6.88. The molecule has 0 aromatic carbocycles. The molecule has 0 saturated carbocycles. The molecule has 1 unspecified atom stereocenters. The summed E-state index contributed by atoms with van der Waals surface area (Å²) in [6.45, 7) is 8.37. The first kappa shape index (κ1) is 20.0. The summed E-state index contributed by atoms with van der Waals surface area (Å²) in [5.41, 5.74) is 1.90. The van der Waals surface area contributed by atoms with Crippen LogP contribution in [0.5, 0.6) is 0 Å². The van der Waals surface area contributed by atoms with Gasteiger partial charge in [0.2, 0.25) is 0 Å². The minimum Gasteiger partial charge on any atom is -0.306 e. The van der Waals surface area contributed by atoms with E-state index in [1.165, 1.54) is 21.9 Å². The average molecular weight is 409 g/mol. The molecular formula is C18H28N6OS2. The zero-order chi connectivity index (χ0) is 19.6. The van der Waals surface area contributed by atoms with Crippen molar-refractivity contribution in [1.82, 2.24) is 19.4 Å².